The van der Waals surface area contributed by atoms with E-state index < -0.39 is 10.0 Å². The summed E-state index contributed by atoms with van der Waals surface area (Å²) in [4.78, 5) is 14.6. The van der Waals surface area contributed by atoms with Gasteiger partial charge >= 0.3 is 0 Å². The van der Waals surface area contributed by atoms with Gasteiger partial charge in [-0.05, 0) is 57.9 Å². The van der Waals surface area contributed by atoms with E-state index in [-0.39, 0.29) is 22.5 Å². The minimum atomic E-state index is -3.93. The van der Waals surface area contributed by atoms with Crippen LogP contribution in [0.25, 0.3) is 11.5 Å². The van der Waals surface area contributed by atoms with Gasteiger partial charge in [-0.25, -0.2) is 8.42 Å². The Morgan fingerprint density at radius 2 is 1.83 bits per heavy atom. The molecule has 1 fully saturated rings. The summed E-state index contributed by atoms with van der Waals surface area (Å²) in [6.07, 6.45) is 3.15. The van der Waals surface area contributed by atoms with Gasteiger partial charge in [0.2, 0.25) is 5.89 Å². The first-order chi connectivity index (χ1) is 13.8. The number of nitrogens with one attached hydrogen (secondary N) is 2. The highest BCUT2D eigenvalue weighted by Gasteiger charge is 2.31. The summed E-state index contributed by atoms with van der Waals surface area (Å²) in [6.45, 7) is 4.92. The van der Waals surface area contributed by atoms with Crippen LogP contribution >= 0.6 is 0 Å². The van der Waals surface area contributed by atoms with Gasteiger partial charge in [0.25, 0.3) is 15.9 Å². The zero-order valence-corrected chi connectivity index (χ0v) is 17.3. The highest BCUT2D eigenvalue weighted by Crippen LogP contribution is 2.39. The van der Waals surface area contributed by atoms with Crippen LogP contribution in [0, 0.1) is 13.8 Å². The molecule has 1 aromatic carbocycles. The fraction of sp³-hybridized carbons (Fsp3) is 0.350. The Hall–Kier alpha value is -2.94. The van der Waals surface area contributed by atoms with Gasteiger partial charge in [-0.1, -0.05) is 6.42 Å². The van der Waals surface area contributed by atoms with Crippen molar-refractivity contribution in [2.24, 2.45) is 0 Å². The first-order valence-electron chi connectivity index (χ1n) is 9.43. The van der Waals surface area contributed by atoms with Crippen LogP contribution in [0.1, 0.15) is 59.7 Å². The minimum Gasteiger partial charge on any atom is -0.420 e. The van der Waals surface area contributed by atoms with Crippen LogP contribution in [0.2, 0.25) is 0 Å². The number of Topliss-reactive ketones (excluding diaryl/α,β-unsaturated/α-hetero) is 1. The molecule has 0 aliphatic heterocycles. The number of aromatic amines is 1. The molecule has 4 rings (SSSR count). The summed E-state index contributed by atoms with van der Waals surface area (Å²) < 4.78 is 34.7. The lowest BCUT2D eigenvalue weighted by Crippen LogP contribution is -2.14. The first kappa shape index (κ1) is 19.4. The zero-order chi connectivity index (χ0) is 20.8. The summed E-state index contributed by atoms with van der Waals surface area (Å²) in [5, 5.41) is 8.23. The number of H-pyrrole nitrogens is 1. The number of rotatable bonds is 6. The Balaban J connectivity index is 1.70. The third-order valence-electron chi connectivity index (χ3n) is 5.24. The fourth-order valence-electron chi connectivity index (χ4n) is 3.49. The van der Waals surface area contributed by atoms with Crippen LogP contribution < -0.4 is 4.72 Å². The van der Waals surface area contributed by atoms with Crippen LogP contribution in [-0.4, -0.2) is 29.4 Å². The van der Waals surface area contributed by atoms with Crippen molar-refractivity contribution < 1.29 is 17.6 Å². The number of aryl methyl sites for hydroxylation is 2. The van der Waals surface area contributed by atoms with Crippen LogP contribution in [0.3, 0.4) is 0 Å². The van der Waals surface area contributed by atoms with Gasteiger partial charge in [-0.3, -0.25) is 9.52 Å². The molecular formula is C20H22N4O4S. The number of ketones is 1. The van der Waals surface area contributed by atoms with E-state index in [1.165, 1.54) is 6.92 Å². The molecule has 0 atom stereocenters. The molecule has 2 N–H and O–H groups in total. The smallest absolute Gasteiger partial charge is 0.264 e. The molecule has 1 aliphatic carbocycles. The number of nitrogens with zero attached hydrogens (tertiary/aromatic N) is 2. The molecule has 0 unspecified atom stereocenters. The minimum absolute atomic E-state index is 0.0782. The molecule has 9 heteroatoms. The number of benzene rings is 1. The van der Waals surface area contributed by atoms with Gasteiger partial charge in [0, 0.05) is 28.6 Å². The van der Waals surface area contributed by atoms with Crippen LogP contribution in [0.5, 0.6) is 0 Å². The van der Waals surface area contributed by atoms with Gasteiger partial charge in [-0.2, -0.15) is 0 Å². The van der Waals surface area contributed by atoms with Crippen molar-refractivity contribution >= 4 is 21.5 Å². The molecule has 2 aromatic heterocycles. The normalized spacial score (nSPS) is 14.6. The number of carbonyl (C=O) groups is 1. The van der Waals surface area contributed by atoms with Gasteiger partial charge in [0.1, 0.15) is 4.90 Å². The molecule has 8 nitrogen and oxygen atoms in total. The fourth-order valence-corrected chi connectivity index (χ4v) is 5.00. The predicted octanol–water partition coefficient (Wildman–Crippen LogP) is 3.95. The Kier molecular flexibility index (Phi) is 4.77. The van der Waals surface area contributed by atoms with E-state index in [0.29, 0.717) is 34.1 Å². The average molecular weight is 414 g/mol. The van der Waals surface area contributed by atoms with Crippen LogP contribution in [0.4, 0.5) is 5.69 Å². The number of hydrogen-bond donors (Lipinski definition) is 2. The van der Waals surface area contributed by atoms with E-state index in [9.17, 15) is 13.2 Å². The highest BCUT2D eigenvalue weighted by atomic mass is 32.2. The predicted molar refractivity (Wildman–Crippen MR) is 107 cm³/mol. The van der Waals surface area contributed by atoms with Crippen molar-refractivity contribution in [2.75, 3.05) is 4.72 Å². The second kappa shape index (κ2) is 7.14. The van der Waals surface area contributed by atoms with Gasteiger partial charge in [0.15, 0.2) is 5.78 Å². The lowest BCUT2D eigenvalue weighted by Gasteiger charge is -2.20. The Labute approximate surface area is 168 Å². The molecular weight excluding hydrogens is 392 g/mol. The van der Waals surface area contributed by atoms with Gasteiger partial charge < -0.3 is 9.40 Å². The average Bonchev–Trinajstić information content (AvgIpc) is 3.17. The van der Waals surface area contributed by atoms with Crippen molar-refractivity contribution in [3.05, 3.63) is 47.1 Å². The lowest BCUT2D eigenvalue weighted by atomic mass is 9.85. The van der Waals surface area contributed by atoms with Gasteiger partial charge in [0.05, 0.1) is 5.56 Å². The number of aromatic nitrogens is 3. The third kappa shape index (κ3) is 3.57. The molecule has 0 bridgehead atoms. The van der Waals surface area contributed by atoms with E-state index in [0.717, 1.165) is 19.3 Å². The number of hydrogen-bond acceptors (Lipinski definition) is 6. The van der Waals surface area contributed by atoms with E-state index in [1.807, 2.05) is 0 Å². The van der Waals surface area contributed by atoms with E-state index in [1.54, 1.807) is 38.1 Å². The third-order valence-corrected chi connectivity index (χ3v) is 6.79. The molecule has 3 aromatic rings. The molecule has 152 valence electrons. The number of carbonyl (C=O) groups excluding carboxylic acids is 1. The molecule has 0 spiro atoms. The second-order valence-electron chi connectivity index (χ2n) is 7.39. The quantitative estimate of drug-likeness (QED) is 0.590. The van der Waals surface area contributed by atoms with Crippen molar-refractivity contribution in [1.82, 2.24) is 15.2 Å². The van der Waals surface area contributed by atoms with Crippen molar-refractivity contribution in [3.63, 3.8) is 0 Å². The molecule has 0 saturated heterocycles. The zero-order valence-electron chi connectivity index (χ0n) is 16.4. The van der Waals surface area contributed by atoms with E-state index in [2.05, 4.69) is 19.9 Å². The van der Waals surface area contributed by atoms with E-state index >= 15 is 0 Å². The molecule has 29 heavy (non-hydrogen) atoms. The monoisotopic (exact) mass is 414 g/mol. The van der Waals surface area contributed by atoms with Crippen LogP contribution in [-0.2, 0) is 10.0 Å². The molecule has 0 radical (unpaired) electrons. The summed E-state index contributed by atoms with van der Waals surface area (Å²) >= 11 is 0. The summed E-state index contributed by atoms with van der Waals surface area (Å²) in [5.41, 5.74) is 2.37. The second-order valence-corrected chi connectivity index (χ2v) is 9.01. The first-order valence-corrected chi connectivity index (χ1v) is 10.9. The van der Waals surface area contributed by atoms with Crippen molar-refractivity contribution in [2.45, 2.75) is 50.8 Å². The Morgan fingerprint density at radius 3 is 2.41 bits per heavy atom. The van der Waals surface area contributed by atoms with Crippen molar-refractivity contribution in [1.29, 1.82) is 0 Å². The molecule has 1 aliphatic rings. The Morgan fingerprint density at radius 1 is 1.14 bits per heavy atom. The number of sulfonamides is 1. The summed E-state index contributed by atoms with van der Waals surface area (Å²) in [6, 6.07) is 6.28. The Bertz CT molecular complexity index is 1170. The van der Waals surface area contributed by atoms with Crippen LogP contribution in [0.15, 0.2) is 33.6 Å². The molecule has 1 saturated carbocycles. The molecule has 2 heterocycles. The largest absolute Gasteiger partial charge is 0.420 e. The SMILES string of the molecule is CC(=O)c1ccc(NS(=O)(=O)c2c(C)[nH]c(C)c2-c2nnc(C3CCC3)o2)cc1. The maximum atomic E-state index is 13.2. The summed E-state index contributed by atoms with van der Waals surface area (Å²) in [7, 11) is -3.93. The highest BCUT2D eigenvalue weighted by molar-refractivity contribution is 7.93. The topological polar surface area (TPSA) is 118 Å². The standard InChI is InChI=1S/C20H22N4O4S/c1-11-17(20-23-22-19(28-20)15-5-4-6-15)18(12(2)21-11)29(26,27)24-16-9-7-14(8-10-16)13(3)25/h7-10,15,21,24H,4-6H2,1-3H3. The lowest BCUT2D eigenvalue weighted by molar-refractivity contribution is 0.101. The number of anilines is 1. The maximum Gasteiger partial charge on any atom is 0.264 e. The van der Waals surface area contributed by atoms with Gasteiger partial charge in [-0.15, -0.1) is 10.2 Å². The molecule has 0 amide bonds. The maximum absolute atomic E-state index is 13.2. The van der Waals surface area contributed by atoms with Crippen molar-refractivity contribution in [3.8, 4) is 11.5 Å². The van der Waals surface area contributed by atoms with E-state index in [4.69, 9.17) is 4.42 Å². The summed E-state index contributed by atoms with van der Waals surface area (Å²) in [5.74, 6) is 0.925.